The average Bonchev–Trinajstić information content (AvgIpc) is 3.78. The fraction of sp³-hybridized carbons (Fsp3) is 0.778. The molecule has 2 fully saturated rings. The fourth-order valence-corrected chi connectivity index (χ4v) is 8.03. The van der Waals surface area contributed by atoms with Gasteiger partial charge in [-0.05, 0) is 115 Å². The van der Waals surface area contributed by atoms with E-state index in [0.29, 0.717) is 34.1 Å². The lowest BCUT2D eigenvalue weighted by Crippen LogP contribution is -2.53. The summed E-state index contributed by atoms with van der Waals surface area (Å²) in [6.45, 7) is 11.0. The van der Waals surface area contributed by atoms with Crippen LogP contribution < -0.4 is 0 Å². The summed E-state index contributed by atoms with van der Waals surface area (Å²) >= 11 is 0. The Morgan fingerprint density at radius 2 is 0.857 bits per heavy atom. The molecule has 0 heterocycles. The molecule has 0 radical (unpaired) electrons. The molecule has 4 N–H and O–H groups in total. The summed E-state index contributed by atoms with van der Waals surface area (Å²) in [5.41, 5.74) is -19.0. The van der Waals surface area contributed by atoms with Gasteiger partial charge in [-0.3, -0.25) is 4.79 Å². The molecule has 0 aliphatic heterocycles. The van der Waals surface area contributed by atoms with Gasteiger partial charge < -0.3 is 29.9 Å². The van der Waals surface area contributed by atoms with Crippen molar-refractivity contribution in [3.05, 3.63) is 34.4 Å². The van der Waals surface area contributed by atoms with Crippen molar-refractivity contribution in [3.63, 3.8) is 0 Å². The Morgan fingerprint density at radius 1 is 0.571 bits per heavy atom. The first-order valence-electron chi connectivity index (χ1n) is 17.5. The summed E-state index contributed by atoms with van der Waals surface area (Å²) in [7, 11) is 0. The van der Waals surface area contributed by atoms with Crippen LogP contribution in [-0.4, -0.2) is 91.7 Å². The number of fused-ring (bicyclic) bond motifs is 4. The fourth-order valence-electron chi connectivity index (χ4n) is 8.03. The van der Waals surface area contributed by atoms with E-state index in [1.165, 1.54) is 6.92 Å². The molecule has 4 rings (SSSR count). The van der Waals surface area contributed by atoms with E-state index in [2.05, 4.69) is 6.58 Å². The normalized spacial score (nSPS) is 29.9. The molecule has 0 spiro atoms. The van der Waals surface area contributed by atoms with Crippen molar-refractivity contribution in [2.24, 2.45) is 29.1 Å². The van der Waals surface area contributed by atoms with Crippen LogP contribution in [0.1, 0.15) is 87.5 Å². The van der Waals surface area contributed by atoms with Gasteiger partial charge in [-0.25, -0.2) is 4.79 Å². The molecule has 0 saturated heterocycles. The third kappa shape index (κ3) is 8.09. The second kappa shape index (κ2) is 14.5. The Morgan fingerprint density at radius 3 is 1.12 bits per heavy atom. The molecule has 0 aromatic carbocycles. The van der Waals surface area contributed by atoms with E-state index < -0.39 is 123 Å². The number of esters is 2. The maximum atomic E-state index is 13.5. The predicted molar refractivity (Wildman–Crippen MR) is 172 cm³/mol. The SMILES string of the molecule is C=C(C)C(=O)OC1CC2CC1C(C(C)(O)C(F)(F)F)=C2C(C)(O)C(F)(F)F.CCC(C)(C)C(=O)OC1CC2CC1C(C(C)(O)C(F)(F)F)=C2C(C)(O)C(F)(F)F. The standard InChI is InChI=1S/C19H26F6O4.C17H20F6O4/c1-6-15(2,3)14(26)29-11-8-9-7-10(11)13(17(5,28)19(23,24)25)12(9)16(4,27)18(20,21)22;1-7(2)13(24)27-10-6-8-5-9(10)12(15(4,26)17(21,22)23)11(8)14(3,25)16(18,19)20/h9-11,27-28H,6-8H2,1-5H3;8-10,25-26H,1,5-6H2,2-4H3. The van der Waals surface area contributed by atoms with Crippen molar-refractivity contribution >= 4 is 11.9 Å². The summed E-state index contributed by atoms with van der Waals surface area (Å²) in [5, 5.41) is 40.5. The number of carbonyl (C=O) groups excluding carboxylic acids is 2. The van der Waals surface area contributed by atoms with E-state index >= 15 is 0 Å². The zero-order valence-corrected chi connectivity index (χ0v) is 31.7. The van der Waals surface area contributed by atoms with Gasteiger partial charge in [-0.2, -0.15) is 52.7 Å². The highest BCUT2D eigenvalue weighted by Gasteiger charge is 2.68. The number of halogens is 12. The van der Waals surface area contributed by atoms with E-state index in [1.54, 1.807) is 20.8 Å². The van der Waals surface area contributed by atoms with Crippen LogP contribution in [0.3, 0.4) is 0 Å². The zero-order valence-electron chi connectivity index (χ0n) is 31.7. The number of rotatable bonds is 9. The molecule has 4 bridgehead atoms. The lowest BCUT2D eigenvalue weighted by molar-refractivity contribution is -0.250. The van der Waals surface area contributed by atoms with Gasteiger partial charge in [0.1, 0.15) is 12.2 Å². The van der Waals surface area contributed by atoms with Gasteiger partial charge in [0.2, 0.25) is 0 Å². The number of aliphatic hydroxyl groups is 4. The summed E-state index contributed by atoms with van der Waals surface area (Å²) in [6.07, 6.45) is -23.6. The number of hydrogen-bond acceptors (Lipinski definition) is 8. The molecule has 10 atom stereocenters. The van der Waals surface area contributed by atoms with Crippen molar-refractivity contribution in [1.82, 2.24) is 0 Å². The largest absolute Gasteiger partial charge is 0.461 e. The van der Waals surface area contributed by atoms with Crippen LogP contribution in [0.4, 0.5) is 52.7 Å². The van der Waals surface area contributed by atoms with Crippen LogP contribution in [0.25, 0.3) is 0 Å². The van der Waals surface area contributed by atoms with Gasteiger partial charge in [0.15, 0.2) is 22.4 Å². The summed E-state index contributed by atoms with van der Waals surface area (Å²) in [6, 6.07) is 0. The predicted octanol–water partition coefficient (Wildman–Crippen LogP) is 7.73. The summed E-state index contributed by atoms with van der Waals surface area (Å²) in [4.78, 5) is 24.1. The van der Waals surface area contributed by atoms with Crippen molar-refractivity contribution < 1.29 is 92.2 Å². The second-order valence-electron chi connectivity index (χ2n) is 16.4. The Bertz CT molecular complexity index is 1630. The lowest BCUT2D eigenvalue weighted by atomic mass is 9.74. The van der Waals surface area contributed by atoms with Crippen molar-refractivity contribution in [1.29, 1.82) is 0 Å². The highest BCUT2D eigenvalue weighted by molar-refractivity contribution is 5.87. The van der Waals surface area contributed by atoms with Gasteiger partial charge >= 0.3 is 36.6 Å². The minimum atomic E-state index is -5.29. The van der Waals surface area contributed by atoms with E-state index in [1.807, 2.05) is 0 Å². The summed E-state index contributed by atoms with van der Waals surface area (Å²) < 4.78 is 172. The third-order valence-corrected chi connectivity index (χ3v) is 11.8. The number of carbonyl (C=O) groups is 2. The monoisotopic (exact) mass is 834 g/mol. The molecular formula is C36H46F12O8. The van der Waals surface area contributed by atoms with Crippen LogP contribution >= 0.6 is 0 Å². The molecule has 0 aromatic rings. The number of ether oxygens (including phenoxy) is 2. The van der Waals surface area contributed by atoms with Gasteiger partial charge in [0.25, 0.3) is 0 Å². The van der Waals surface area contributed by atoms with Crippen LogP contribution in [0.15, 0.2) is 34.4 Å². The minimum absolute atomic E-state index is 0.0200. The van der Waals surface area contributed by atoms with Crippen molar-refractivity contribution in [3.8, 4) is 0 Å². The first kappa shape index (κ1) is 47.5. The van der Waals surface area contributed by atoms with Crippen LogP contribution in [0.5, 0.6) is 0 Å². The molecule has 10 unspecified atom stereocenters. The van der Waals surface area contributed by atoms with Gasteiger partial charge in [0.05, 0.1) is 5.41 Å². The lowest BCUT2D eigenvalue weighted by Gasteiger charge is -2.41. The molecule has 20 heteroatoms. The Labute approximate surface area is 314 Å². The van der Waals surface area contributed by atoms with E-state index in [9.17, 15) is 82.7 Å². The minimum Gasteiger partial charge on any atom is -0.461 e. The molecule has 2 saturated carbocycles. The first-order chi connectivity index (χ1) is 24.7. The molecule has 8 nitrogen and oxygen atoms in total. The number of hydrogen-bond donors (Lipinski definition) is 4. The highest BCUT2D eigenvalue weighted by atomic mass is 19.4. The second-order valence-corrected chi connectivity index (χ2v) is 16.4. The molecule has 0 amide bonds. The van der Waals surface area contributed by atoms with Crippen LogP contribution in [0, 0.1) is 29.1 Å². The molecule has 4 aliphatic carbocycles. The smallest absolute Gasteiger partial charge is 0.420 e. The van der Waals surface area contributed by atoms with Gasteiger partial charge in [-0.1, -0.05) is 13.5 Å². The summed E-state index contributed by atoms with van der Waals surface area (Å²) in [5.74, 6) is -6.33. The number of alkyl halides is 12. The van der Waals surface area contributed by atoms with E-state index in [0.717, 1.165) is 0 Å². The van der Waals surface area contributed by atoms with Gasteiger partial charge in [-0.15, -0.1) is 0 Å². The topological polar surface area (TPSA) is 134 Å². The average molecular weight is 835 g/mol. The van der Waals surface area contributed by atoms with E-state index in [4.69, 9.17) is 9.47 Å². The molecule has 322 valence electrons. The quantitative estimate of drug-likeness (QED) is 0.0804. The van der Waals surface area contributed by atoms with E-state index in [-0.39, 0.29) is 31.3 Å². The third-order valence-electron chi connectivity index (χ3n) is 11.8. The first-order valence-corrected chi connectivity index (χ1v) is 17.5. The maximum absolute atomic E-state index is 13.5. The zero-order chi connectivity index (χ0) is 44.0. The molecule has 4 aliphatic rings. The highest BCUT2D eigenvalue weighted by Crippen LogP contribution is 2.62. The van der Waals surface area contributed by atoms with Crippen LogP contribution in [-0.2, 0) is 19.1 Å². The molecule has 0 aromatic heterocycles. The molecule has 56 heavy (non-hydrogen) atoms. The molecular weight excluding hydrogens is 788 g/mol. The maximum Gasteiger partial charge on any atom is 0.420 e. The van der Waals surface area contributed by atoms with Crippen molar-refractivity contribution in [2.45, 2.75) is 147 Å². The van der Waals surface area contributed by atoms with Crippen molar-refractivity contribution in [2.75, 3.05) is 0 Å². The van der Waals surface area contributed by atoms with Gasteiger partial charge in [0, 0.05) is 17.4 Å². The van der Waals surface area contributed by atoms with Crippen LogP contribution in [0.2, 0.25) is 0 Å². The Hall–Kier alpha value is -2.84. The Kier molecular flexibility index (Phi) is 12.3. The Balaban J connectivity index is 0.000000301.